The number of amides is 1. The molecule has 3 rings (SSSR count). The molecule has 0 saturated carbocycles. The Morgan fingerprint density at radius 3 is 2.67 bits per heavy atom. The summed E-state index contributed by atoms with van der Waals surface area (Å²) in [6, 6.07) is 11.2. The van der Waals surface area contributed by atoms with Gasteiger partial charge >= 0.3 is 6.18 Å². The number of aromatic nitrogens is 3. The lowest BCUT2D eigenvalue weighted by Gasteiger charge is -2.10. The molecule has 1 aromatic carbocycles. The van der Waals surface area contributed by atoms with Crippen LogP contribution in [0.3, 0.4) is 0 Å². The number of benzene rings is 1. The number of nitrogens with one attached hydrogen (secondary N) is 1. The van der Waals surface area contributed by atoms with Crippen LogP contribution >= 0.6 is 0 Å². The van der Waals surface area contributed by atoms with E-state index >= 15 is 0 Å². The van der Waals surface area contributed by atoms with Crippen molar-refractivity contribution in [2.45, 2.75) is 19.0 Å². The lowest BCUT2D eigenvalue weighted by atomic mass is 10.1. The second kappa shape index (κ2) is 7.56. The maximum Gasteiger partial charge on any atom is 0.433 e. The number of hydrogen-bond donors (Lipinski definition) is 1. The molecule has 9 heteroatoms. The first-order valence-electron chi connectivity index (χ1n) is 8.05. The molecule has 0 radical (unpaired) electrons. The van der Waals surface area contributed by atoms with Gasteiger partial charge in [-0.1, -0.05) is 42.4 Å². The highest BCUT2D eigenvalue weighted by atomic mass is 19.4. The van der Waals surface area contributed by atoms with Crippen molar-refractivity contribution in [2.24, 2.45) is 0 Å². The first kappa shape index (κ1) is 18.6. The van der Waals surface area contributed by atoms with Crippen molar-refractivity contribution in [1.29, 1.82) is 0 Å². The third kappa shape index (κ3) is 4.49. The second-order valence-electron chi connectivity index (χ2n) is 5.86. The van der Waals surface area contributed by atoms with E-state index in [0.717, 1.165) is 11.8 Å². The molecule has 6 nitrogen and oxygen atoms in total. The Morgan fingerprint density at radius 2 is 1.96 bits per heavy atom. The van der Waals surface area contributed by atoms with Crippen molar-refractivity contribution in [3.05, 3.63) is 65.8 Å². The van der Waals surface area contributed by atoms with Gasteiger partial charge in [-0.15, -0.1) is 0 Å². The van der Waals surface area contributed by atoms with Crippen molar-refractivity contribution in [2.75, 3.05) is 6.54 Å². The van der Waals surface area contributed by atoms with Crippen LogP contribution in [0, 0.1) is 0 Å². The topological polar surface area (TPSA) is 80.9 Å². The fraction of sp³-hybridized carbons (Fsp3) is 0.222. The fourth-order valence-electron chi connectivity index (χ4n) is 2.30. The number of carbonyl (C=O) groups is 1. The van der Waals surface area contributed by atoms with E-state index in [1.807, 2.05) is 30.3 Å². The maximum absolute atomic E-state index is 12.7. The van der Waals surface area contributed by atoms with Crippen LogP contribution in [0.4, 0.5) is 13.2 Å². The van der Waals surface area contributed by atoms with Crippen LogP contribution in [0.2, 0.25) is 0 Å². The number of carbonyl (C=O) groups excluding carboxylic acids is 1. The Morgan fingerprint density at radius 1 is 1.22 bits per heavy atom. The van der Waals surface area contributed by atoms with E-state index < -0.39 is 17.8 Å². The summed E-state index contributed by atoms with van der Waals surface area (Å²) < 4.78 is 43.3. The van der Waals surface area contributed by atoms with Crippen molar-refractivity contribution in [1.82, 2.24) is 20.4 Å². The summed E-state index contributed by atoms with van der Waals surface area (Å²) in [7, 11) is 0. The molecule has 1 N–H and O–H groups in total. The number of hydrogen-bond acceptors (Lipinski definition) is 5. The first-order chi connectivity index (χ1) is 12.8. The van der Waals surface area contributed by atoms with Gasteiger partial charge in [0.25, 0.3) is 5.91 Å². The lowest BCUT2D eigenvalue weighted by molar-refractivity contribution is -0.141. The third-order valence-corrected chi connectivity index (χ3v) is 3.78. The largest absolute Gasteiger partial charge is 0.433 e. The molecule has 1 unspecified atom stereocenters. The van der Waals surface area contributed by atoms with E-state index in [9.17, 15) is 18.0 Å². The molecular weight excluding hydrogens is 361 g/mol. The van der Waals surface area contributed by atoms with Gasteiger partial charge in [-0.3, -0.25) is 9.78 Å². The summed E-state index contributed by atoms with van der Waals surface area (Å²) in [4.78, 5) is 19.6. The van der Waals surface area contributed by atoms with E-state index in [0.29, 0.717) is 17.8 Å². The zero-order valence-corrected chi connectivity index (χ0v) is 14.2. The van der Waals surface area contributed by atoms with E-state index in [4.69, 9.17) is 4.52 Å². The number of halogens is 3. The number of alkyl halides is 3. The molecule has 1 atom stereocenters. The van der Waals surface area contributed by atoms with Crippen LogP contribution < -0.4 is 5.32 Å². The van der Waals surface area contributed by atoms with E-state index in [2.05, 4.69) is 20.4 Å². The lowest BCUT2D eigenvalue weighted by Crippen LogP contribution is -2.28. The molecule has 0 aliphatic heterocycles. The quantitative estimate of drug-likeness (QED) is 0.735. The van der Waals surface area contributed by atoms with Crippen molar-refractivity contribution in [3.63, 3.8) is 0 Å². The van der Waals surface area contributed by atoms with Gasteiger partial charge in [0, 0.05) is 23.9 Å². The third-order valence-electron chi connectivity index (χ3n) is 3.78. The van der Waals surface area contributed by atoms with Gasteiger partial charge in [0.2, 0.25) is 11.7 Å². The first-order valence-corrected chi connectivity index (χ1v) is 8.05. The molecule has 3 aromatic rings. The van der Waals surface area contributed by atoms with Crippen LogP contribution in [0.1, 0.15) is 34.8 Å². The summed E-state index contributed by atoms with van der Waals surface area (Å²) in [5.41, 5.74) is -0.451. The molecule has 0 spiro atoms. The van der Waals surface area contributed by atoms with Crippen LogP contribution in [-0.4, -0.2) is 27.6 Å². The summed E-state index contributed by atoms with van der Waals surface area (Å²) in [6.45, 7) is 1.88. The minimum Gasteiger partial charge on any atom is -0.351 e. The second-order valence-corrected chi connectivity index (χ2v) is 5.86. The molecule has 140 valence electrons. The van der Waals surface area contributed by atoms with Gasteiger partial charge in [-0.25, -0.2) is 0 Å². The Bertz CT molecular complexity index is 926. The van der Waals surface area contributed by atoms with Gasteiger partial charge in [-0.2, -0.15) is 18.2 Å². The van der Waals surface area contributed by atoms with Gasteiger partial charge in [0.1, 0.15) is 5.69 Å². The van der Waals surface area contributed by atoms with Gasteiger partial charge in [-0.05, 0) is 12.1 Å². The van der Waals surface area contributed by atoms with Crippen molar-refractivity contribution < 1.29 is 22.5 Å². The zero-order valence-electron chi connectivity index (χ0n) is 14.2. The summed E-state index contributed by atoms with van der Waals surface area (Å²) in [6.07, 6.45) is -3.66. The number of nitrogens with zero attached hydrogens (tertiary/aromatic N) is 3. The van der Waals surface area contributed by atoms with E-state index in [1.165, 1.54) is 6.07 Å². The Hall–Kier alpha value is -3.23. The molecule has 0 aliphatic rings. The monoisotopic (exact) mass is 376 g/mol. The Balaban J connectivity index is 1.63. The van der Waals surface area contributed by atoms with E-state index in [1.54, 1.807) is 6.92 Å². The summed E-state index contributed by atoms with van der Waals surface area (Å²) in [5.74, 6) is -0.215. The fourth-order valence-corrected chi connectivity index (χ4v) is 2.30. The summed E-state index contributed by atoms with van der Waals surface area (Å²) in [5, 5.41) is 6.46. The number of pyridine rings is 1. The Labute approximate surface area is 152 Å². The predicted octanol–water partition coefficient (Wildman–Crippen LogP) is 3.68. The summed E-state index contributed by atoms with van der Waals surface area (Å²) >= 11 is 0. The van der Waals surface area contributed by atoms with Crippen LogP contribution in [-0.2, 0) is 6.18 Å². The van der Waals surface area contributed by atoms with Crippen LogP contribution in [0.25, 0.3) is 11.4 Å². The molecule has 1 amide bonds. The zero-order chi connectivity index (χ0) is 19.4. The smallest absolute Gasteiger partial charge is 0.351 e. The molecule has 27 heavy (non-hydrogen) atoms. The average Bonchev–Trinajstić information content (AvgIpc) is 3.16. The van der Waals surface area contributed by atoms with Crippen LogP contribution in [0.5, 0.6) is 0 Å². The Kier molecular flexibility index (Phi) is 5.20. The molecular formula is C18H15F3N4O2. The maximum atomic E-state index is 12.7. The highest BCUT2D eigenvalue weighted by Gasteiger charge is 2.33. The van der Waals surface area contributed by atoms with Crippen molar-refractivity contribution >= 4 is 5.91 Å². The van der Waals surface area contributed by atoms with Crippen molar-refractivity contribution in [3.8, 4) is 11.4 Å². The van der Waals surface area contributed by atoms with Gasteiger partial charge < -0.3 is 9.84 Å². The molecule has 0 aliphatic carbocycles. The van der Waals surface area contributed by atoms with Gasteiger partial charge in [0.05, 0.1) is 5.92 Å². The highest BCUT2D eigenvalue weighted by Crippen LogP contribution is 2.27. The average molecular weight is 376 g/mol. The normalized spacial score (nSPS) is 12.6. The van der Waals surface area contributed by atoms with Crippen LogP contribution in [0.15, 0.2) is 53.2 Å². The van der Waals surface area contributed by atoms with E-state index in [-0.39, 0.29) is 18.0 Å². The standard InChI is InChI=1S/C18H15F3N4O2/c1-11(17-24-15(25-27-17)12-5-3-2-4-6-12)10-23-16(26)13-7-8-22-14(9-13)18(19,20)21/h2-9,11H,10H2,1H3,(H,23,26). The minimum atomic E-state index is -4.61. The number of rotatable bonds is 5. The molecule has 2 aromatic heterocycles. The van der Waals surface area contributed by atoms with Gasteiger partial charge in [0.15, 0.2) is 0 Å². The minimum absolute atomic E-state index is 0.124. The highest BCUT2D eigenvalue weighted by molar-refractivity contribution is 5.94. The molecule has 0 saturated heterocycles. The molecule has 0 fully saturated rings. The predicted molar refractivity (Wildman–Crippen MR) is 89.7 cm³/mol. The molecule has 2 heterocycles. The molecule has 0 bridgehead atoms. The SMILES string of the molecule is CC(CNC(=O)c1ccnc(C(F)(F)F)c1)c1nc(-c2ccccc2)no1.